The summed E-state index contributed by atoms with van der Waals surface area (Å²) < 4.78 is 0. The van der Waals surface area contributed by atoms with Crippen LogP contribution < -0.4 is 5.73 Å². The van der Waals surface area contributed by atoms with E-state index in [0.29, 0.717) is 6.54 Å². The molecular weight excluding hydrogens is 210 g/mol. The largest absolute Gasteiger partial charge is 0.390 e. The third kappa shape index (κ3) is 2.00. The van der Waals surface area contributed by atoms with E-state index in [0.717, 1.165) is 25.7 Å². The second kappa shape index (κ2) is 4.43. The summed E-state index contributed by atoms with van der Waals surface area (Å²) in [5.74, 6) is 0. The minimum Gasteiger partial charge on any atom is -0.390 e. The van der Waals surface area contributed by atoms with Gasteiger partial charge in [0, 0.05) is 12.0 Å². The fourth-order valence-electron chi connectivity index (χ4n) is 3.03. The summed E-state index contributed by atoms with van der Waals surface area (Å²) >= 11 is 0. The van der Waals surface area contributed by atoms with Crippen molar-refractivity contribution < 1.29 is 5.11 Å². The van der Waals surface area contributed by atoms with Gasteiger partial charge in [0.1, 0.15) is 0 Å². The maximum absolute atomic E-state index is 10.6. The number of fused-ring (bicyclic) bond motifs is 1. The molecule has 2 nitrogen and oxygen atoms in total. The summed E-state index contributed by atoms with van der Waals surface area (Å²) in [6, 6.07) is 8.53. The van der Waals surface area contributed by atoms with Gasteiger partial charge in [0.15, 0.2) is 0 Å². The number of aliphatic hydroxyl groups is 1. The Kier molecular flexibility index (Phi) is 3.28. The monoisotopic (exact) mass is 233 g/mol. The lowest BCUT2D eigenvalue weighted by molar-refractivity contribution is -0.0765. The summed E-state index contributed by atoms with van der Waals surface area (Å²) in [7, 11) is 0. The zero-order chi connectivity index (χ0) is 12.5. The molecule has 1 aliphatic rings. The molecule has 2 heteroatoms. The molecule has 1 aliphatic carbocycles. The van der Waals surface area contributed by atoms with E-state index in [9.17, 15) is 5.11 Å². The Morgan fingerprint density at radius 3 is 2.59 bits per heavy atom. The average molecular weight is 233 g/mol. The molecule has 17 heavy (non-hydrogen) atoms. The van der Waals surface area contributed by atoms with E-state index < -0.39 is 5.60 Å². The number of hydrogen-bond donors (Lipinski definition) is 2. The van der Waals surface area contributed by atoms with Crippen LogP contribution in [-0.2, 0) is 12.8 Å². The van der Waals surface area contributed by atoms with Gasteiger partial charge in [0.05, 0.1) is 5.60 Å². The van der Waals surface area contributed by atoms with E-state index in [4.69, 9.17) is 5.73 Å². The zero-order valence-electron chi connectivity index (χ0n) is 10.9. The second-order valence-electron chi connectivity index (χ2n) is 5.56. The summed E-state index contributed by atoms with van der Waals surface area (Å²) in [5, 5.41) is 10.6. The maximum atomic E-state index is 10.6. The van der Waals surface area contributed by atoms with Gasteiger partial charge in [0.25, 0.3) is 0 Å². The van der Waals surface area contributed by atoms with Gasteiger partial charge in [-0.2, -0.15) is 0 Å². The molecule has 0 fully saturated rings. The molecule has 1 aromatic rings. The standard InChI is InChI=1S/C15H23NO/c1-3-14(2,17)15(11-16)9-8-12-6-4-5-7-13(12)10-15/h4-7,17H,3,8-11,16H2,1-2H3. The van der Waals surface area contributed by atoms with Crippen LogP contribution in [0.3, 0.4) is 0 Å². The summed E-state index contributed by atoms with van der Waals surface area (Å²) in [6.45, 7) is 4.54. The Morgan fingerprint density at radius 2 is 2.00 bits per heavy atom. The molecule has 0 aromatic heterocycles. The molecule has 2 rings (SSSR count). The molecular formula is C15H23NO. The summed E-state index contributed by atoms with van der Waals surface area (Å²) in [6.07, 6.45) is 3.68. The van der Waals surface area contributed by atoms with Crippen molar-refractivity contribution >= 4 is 0 Å². The van der Waals surface area contributed by atoms with E-state index >= 15 is 0 Å². The first-order chi connectivity index (χ1) is 8.04. The van der Waals surface area contributed by atoms with Gasteiger partial charge >= 0.3 is 0 Å². The Bertz CT molecular complexity index is 400. The SMILES string of the molecule is CCC(C)(O)C1(CN)CCc2ccccc2C1. The Hall–Kier alpha value is -0.860. The Labute approximate surface area is 104 Å². The van der Waals surface area contributed by atoms with Crippen molar-refractivity contribution in [3.63, 3.8) is 0 Å². The van der Waals surface area contributed by atoms with Crippen LogP contribution in [0.5, 0.6) is 0 Å². The Morgan fingerprint density at radius 1 is 1.35 bits per heavy atom. The van der Waals surface area contributed by atoms with Gasteiger partial charge in [-0.25, -0.2) is 0 Å². The molecule has 0 saturated carbocycles. The highest BCUT2D eigenvalue weighted by Crippen LogP contribution is 2.44. The first-order valence-corrected chi connectivity index (χ1v) is 6.54. The molecule has 0 radical (unpaired) electrons. The molecule has 0 heterocycles. The van der Waals surface area contributed by atoms with E-state index in [-0.39, 0.29) is 5.41 Å². The fraction of sp³-hybridized carbons (Fsp3) is 0.600. The lowest BCUT2D eigenvalue weighted by Crippen LogP contribution is -2.53. The van der Waals surface area contributed by atoms with Gasteiger partial charge < -0.3 is 10.8 Å². The second-order valence-corrected chi connectivity index (χ2v) is 5.56. The van der Waals surface area contributed by atoms with Crippen molar-refractivity contribution in [3.8, 4) is 0 Å². The molecule has 0 saturated heterocycles. The van der Waals surface area contributed by atoms with Crippen molar-refractivity contribution in [3.05, 3.63) is 35.4 Å². The topological polar surface area (TPSA) is 46.2 Å². The molecule has 0 spiro atoms. The minimum absolute atomic E-state index is 0.157. The van der Waals surface area contributed by atoms with Crippen LogP contribution in [0.25, 0.3) is 0 Å². The van der Waals surface area contributed by atoms with Crippen molar-refractivity contribution in [1.82, 2.24) is 0 Å². The fourth-order valence-corrected chi connectivity index (χ4v) is 3.03. The van der Waals surface area contributed by atoms with E-state index in [1.807, 2.05) is 13.8 Å². The lowest BCUT2D eigenvalue weighted by atomic mass is 9.61. The van der Waals surface area contributed by atoms with Crippen LogP contribution in [0.4, 0.5) is 0 Å². The van der Waals surface area contributed by atoms with Gasteiger partial charge in [-0.15, -0.1) is 0 Å². The molecule has 2 atom stereocenters. The number of benzene rings is 1. The van der Waals surface area contributed by atoms with Gasteiger partial charge in [-0.05, 0) is 43.7 Å². The number of hydrogen-bond acceptors (Lipinski definition) is 2. The van der Waals surface area contributed by atoms with Crippen LogP contribution in [0, 0.1) is 5.41 Å². The molecule has 3 N–H and O–H groups in total. The molecule has 94 valence electrons. The van der Waals surface area contributed by atoms with Crippen molar-refractivity contribution in [2.24, 2.45) is 11.1 Å². The smallest absolute Gasteiger partial charge is 0.0688 e. The molecule has 0 amide bonds. The first-order valence-electron chi connectivity index (χ1n) is 6.54. The van der Waals surface area contributed by atoms with Crippen molar-refractivity contribution in [2.75, 3.05) is 6.54 Å². The normalized spacial score (nSPS) is 27.3. The van der Waals surface area contributed by atoms with Crippen molar-refractivity contribution in [1.29, 1.82) is 0 Å². The van der Waals surface area contributed by atoms with E-state index in [1.54, 1.807) is 0 Å². The van der Waals surface area contributed by atoms with Crippen LogP contribution in [-0.4, -0.2) is 17.3 Å². The molecule has 2 unspecified atom stereocenters. The predicted molar refractivity (Wildman–Crippen MR) is 70.9 cm³/mol. The highest BCUT2D eigenvalue weighted by atomic mass is 16.3. The summed E-state index contributed by atoms with van der Waals surface area (Å²) in [4.78, 5) is 0. The molecule has 0 bridgehead atoms. The van der Waals surface area contributed by atoms with Crippen LogP contribution in [0.15, 0.2) is 24.3 Å². The minimum atomic E-state index is -0.671. The van der Waals surface area contributed by atoms with Gasteiger partial charge in [-0.1, -0.05) is 31.2 Å². The van der Waals surface area contributed by atoms with Gasteiger partial charge in [-0.3, -0.25) is 0 Å². The highest BCUT2D eigenvalue weighted by Gasteiger charge is 2.46. The quantitative estimate of drug-likeness (QED) is 0.841. The average Bonchev–Trinajstić information content (AvgIpc) is 2.37. The molecule has 1 aromatic carbocycles. The van der Waals surface area contributed by atoms with Gasteiger partial charge in [0.2, 0.25) is 0 Å². The number of nitrogens with two attached hydrogens (primary N) is 1. The zero-order valence-corrected chi connectivity index (χ0v) is 10.9. The number of rotatable bonds is 3. The summed E-state index contributed by atoms with van der Waals surface area (Å²) in [5.41, 5.74) is 7.95. The van der Waals surface area contributed by atoms with E-state index in [1.165, 1.54) is 11.1 Å². The molecule has 0 aliphatic heterocycles. The highest BCUT2D eigenvalue weighted by molar-refractivity contribution is 5.32. The first kappa shape index (κ1) is 12.6. The maximum Gasteiger partial charge on any atom is 0.0688 e. The lowest BCUT2D eigenvalue weighted by Gasteiger charge is -2.47. The van der Waals surface area contributed by atoms with Crippen LogP contribution >= 0.6 is 0 Å². The third-order valence-corrected chi connectivity index (χ3v) is 4.74. The Balaban J connectivity index is 2.36. The third-order valence-electron chi connectivity index (χ3n) is 4.74. The van der Waals surface area contributed by atoms with Crippen LogP contribution in [0.2, 0.25) is 0 Å². The van der Waals surface area contributed by atoms with Crippen molar-refractivity contribution in [2.45, 2.75) is 45.1 Å². The van der Waals surface area contributed by atoms with E-state index in [2.05, 4.69) is 24.3 Å². The van der Waals surface area contributed by atoms with Crippen LogP contribution in [0.1, 0.15) is 37.8 Å². The number of aryl methyl sites for hydroxylation is 1. The predicted octanol–water partition coefficient (Wildman–Crippen LogP) is 2.28.